The monoisotopic (exact) mass is 283 g/mol. The first kappa shape index (κ1) is 13.7. The van der Waals surface area contributed by atoms with Gasteiger partial charge in [-0.1, -0.05) is 25.4 Å². The van der Waals surface area contributed by atoms with Gasteiger partial charge in [0.15, 0.2) is 0 Å². The van der Waals surface area contributed by atoms with Gasteiger partial charge in [-0.2, -0.15) is 0 Å². The lowest BCUT2D eigenvalue weighted by molar-refractivity contribution is 0.584. The molecule has 0 spiro atoms. The number of anilines is 2. The Balaban J connectivity index is 2.40. The van der Waals surface area contributed by atoms with Crippen molar-refractivity contribution in [1.82, 2.24) is 9.97 Å². The molecule has 0 aliphatic heterocycles. The van der Waals surface area contributed by atoms with Crippen LogP contribution in [0.1, 0.15) is 25.3 Å². The first-order valence-electron chi connectivity index (χ1n) is 5.71. The Bertz CT molecular complexity index is 582. The lowest BCUT2D eigenvalue weighted by Crippen LogP contribution is -2.03. The maximum Gasteiger partial charge on any atom is 0.138 e. The molecule has 0 radical (unpaired) electrons. The Hall–Kier alpha value is -1.75. The van der Waals surface area contributed by atoms with E-state index < -0.39 is 11.6 Å². The van der Waals surface area contributed by atoms with E-state index in [-0.39, 0.29) is 11.6 Å². The van der Waals surface area contributed by atoms with Gasteiger partial charge in [0, 0.05) is 17.3 Å². The van der Waals surface area contributed by atoms with E-state index in [1.54, 1.807) is 0 Å². The highest BCUT2D eigenvalue weighted by Gasteiger charge is 2.14. The molecule has 0 saturated heterocycles. The summed E-state index contributed by atoms with van der Waals surface area (Å²) in [6.07, 6.45) is 1.30. The summed E-state index contributed by atoms with van der Waals surface area (Å²) in [5.74, 6) is -0.794. The second kappa shape index (κ2) is 5.48. The minimum absolute atomic E-state index is 0.0783. The SMILES string of the molecule is CC(C)c1c(Cl)ncnc1Nc1cc(F)cc(F)c1. The van der Waals surface area contributed by atoms with Crippen LogP contribution in [0.15, 0.2) is 24.5 Å². The molecule has 2 aromatic rings. The molecule has 1 heterocycles. The van der Waals surface area contributed by atoms with Gasteiger partial charge in [-0.3, -0.25) is 0 Å². The fraction of sp³-hybridized carbons (Fsp3) is 0.231. The van der Waals surface area contributed by atoms with Gasteiger partial charge in [-0.25, -0.2) is 18.7 Å². The lowest BCUT2D eigenvalue weighted by Gasteiger charge is -2.14. The summed E-state index contributed by atoms with van der Waals surface area (Å²) in [4.78, 5) is 7.97. The van der Waals surface area contributed by atoms with E-state index in [9.17, 15) is 8.78 Å². The molecule has 0 unspecified atom stereocenters. The van der Waals surface area contributed by atoms with Gasteiger partial charge in [-0.15, -0.1) is 0 Å². The van der Waals surface area contributed by atoms with E-state index in [0.717, 1.165) is 6.07 Å². The third-order valence-corrected chi connectivity index (χ3v) is 2.84. The van der Waals surface area contributed by atoms with Crippen molar-refractivity contribution < 1.29 is 8.78 Å². The largest absolute Gasteiger partial charge is 0.340 e. The Morgan fingerprint density at radius 3 is 2.32 bits per heavy atom. The summed E-state index contributed by atoms with van der Waals surface area (Å²) >= 11 is 6.01. The molecule has 0 aliphatic carbocycles. The smallest absolute Gasteiger partial charge is 0.138 e. The Labute approximate surface area is 114 Å². The standard InChI is InChI=1S/C13H12ClF2N3/c1-7(2)11-12(14)17-6-18-13(11)19-10-4-8(15)3-9(16)5-10/h3-7H,1-2H3,(H,17,18,19). The molecule has 3 nitrogen and oxygen atoms in total. The molecule has 0 bridgehead atoms. The average molecular weight is 284 g/mol. The third-order valence-electron chi connectivity index (χ3n) is 2.54. The molecule has 1 aromatic heterocycles. The van der Waals surface area contributed by atoms with Gasteiger partial charge >= 0.3 is 0 Å². The average Bonchev–Trinajstić information content (AvgIpc) is 2.26. The molecular weight excluding hydrogens is 272 g/mol. The van der Waals surface area contributed by atoms with E-state index in [2.05, 4.69) is 15.3 Å². The van der Waals surface area contributed by atoms with Crippen molar-refractivity contribution in [3.05, 3.63) is 46.9 Å². The highest BCUT2D eigenvalue weighted by Crippen LogP contribution is 2.30. The molecule has 0 aliphatic rings. The zero-order valence-corrected chi connectivity index (χ0v) is 11.2. The van der Waals surface area contributed by atoms with E-state index in [1.807, 2.05) is 13.8 Å². The minimum Gasteiger partial charge on any atom is -0.340 e. The number of hydrogen-bond acceptors (Lipinski definition) is 3. The van der Waals surface area contributed by atoms with Gasteiger partial charge in [0.2, 0.25) is 0 Å². The minimum atomic E-state index is -0.659. The Morgan fingerprint density at radius 1 is 1.11 bits per heavy atom. The number of halogens is 3. The summed E-state index contributed by atoms with van der Waals surface area (Å²) in [5.41, 5.74) is 0.975. The van der Waals surface area contributed by atoms with E-state index in [1.165, 1.54) is 18.5 Å². The van der Waals surface area contributed by atoms with Crippen LogP contribution in [0.5, 0.6) is 0 Å². The molecular formula is C13H12ClF2N3. The molecule has 0 saturated carbocycles. The van der Waals surface area contributed by atoms with Crippen LogP contribution in [0.25, 0.3) is 0 Å². The molecule has 1 aromatic carbocycles. The van der Waals surface area contributed by atoms with Crippen molar-refractivity contribution >= 4 is 23.1 Å². The number of aromatic nitrogens is 2. The Morgan fingerprint density at radius 2 is 1.74 bits per heavy atom. The van der Waals surface area contributed by atoms with Crippen LogP contribution in [0.2, 0.25) is 5.15 Å². The van der Waals surface area contributed by atoms with E-state index in [0.29, 0.717) is 16.5 Å². The quantitative estimate of drug-likeness (QED) is 0.855. The summed E-state index contributed by atoms with van der Waals surface area (Å²) in [5, 5.41) is 3.18. The number of hydrogen-bond donors (Lipinski definition) is 1. The van der Waals surface area contributed by atoms with Gasteiger partial charge < -0.3 is 5.32 Å². The normalized spacial score (nSPS) is 10.8. The summed E-state index contributed by atoms with van der Waals surface area (Å²) in [7, 11) is 0. The zero-order valence-electron chi connectivity index (χ0n) is 10.4. The molecule has 6 heteroatoms. The molecule has 2 rings (SSSR count). The van der Waals surface area contributed by atoms with Crippen molar-refractivity contribution in [2.45, 2.75) is 19.8 Å². The topological polar surface area (TPSA) is 37.8 Å². The molecule has 100 valence electrons. The summed E-state index contributed by atoms with van der Waals surface area (Å²) in [6.45, 7) is 3.86. The second-order valence-electron chi connectivity index (χ2n) is 4.36. The number of nitrogens with zero attached hydrogens (tertiary/aromatic N) is 2. The molecule has 19 heavy (non-hydrogen) atoms. The molecule has 0 fully saturated rings. The first-order chi connectivity index (χ1) is 8.97. The van der Waals surface area contributed by atoms with Gasteiger partial charge in [0.25, 0.3) is 0 Å². The maximum absolute atomic E-state index is 13.1. The molecule has 0 atom stereocenters. The number of rotatable bonds is 3. The lowest BCUT2D eigenvalue weighted by atomic mass is 10.1. The van der Waals surface area contributed by atoms with Crippen LogP contribution in [0, 0.1) is 11.6 Å². The maximum atomic E-state index is 13.1. The molecule has 1 N–H and O–H groups in total. The van der Waals surface area contributed by atoms with Crippen molar-refractivity contribution in [1.29, 1.82) is 0 Å². The van der Waals surface area contributed by atoms with Crippen LogP contribution in [0.4, 0.5) is 20.3 Å². The highest BCUT2D eigenvalue weighted by molar-refractivity contribution is 6.30. The zero-order chi connectivity index (χ0) is 14.0. The first-order valence-corrected chi connectivity index (χ1v) is 6.08. The van der Waals surface area contributed by atoms with Crippen LogP contribution >= 0.6 is 11.6 Å². The van der Waals surface area contributed by atoms with Crippen molar-refractivity contribution in [2.75, 3.05) is 5.32 Å². The van der Waals surface area contributed by atoms with Crippen LogP contribution in [-0.4, -0.2) is 9.97 Å². The third kappa shape index (κ3) is 3.17. The van der Waals surface area contributed by atoms with Crippen molar-refractivity contribution in [3.8, 4) is 0 Å². The fourth-order valence-corrected chi connectivity index (χ4v) is 2.10. The number of nitrogens with one attached hydrogen (secondary N) is 1. The molecule has 0 amide bonds. The van der Waals surface area contributed by atoms with Crippen molar-refractivity contribution in [3.63, 3.8) is 0 Å². The Kier molecular flexibility index (Phi) is 3.95. The van der Waals surface area contributed by atoms with E-state index in [4.69, 9.17) is 11.6 Å². The van der Waals surface area contributed by atoms with Crippen LogP contribution < -0.4 is 5.32 Å². The van der Waals surface area contributed by atoms with Crippen LogP contribution in [-0.2, 0) is 0 Å². The second-order valence-corrected chi connectivity index (χ2v) is 4.72. The summed E-state index contributed by atoms with van der Waals surface area (Å²) in [6, 6.07) is 3.17. The fourth-order valence-electron chi connectivity index (χ4n) is 1.75. The number of benzene rings is 1. The van der Waals surface area contributed by atoms with E-state index >= 15 is 0 Å². The van der Waals surface area contributed by atoms with Crippen LogP contribution in [0.3, 0.4) is 0 Å². The van der Waals surface area contributed by atoms with Gasteiger partial charge in [0.1, 0.15) is 28.9 Å². The summed E-state index contributed by atoms with van der Waals surface area (Å²) < 4.78 is 26.3. The highest BCUT2D eigenvalue weighted by atomic mass is 35.5. The van der Waals surface area contributed by atoms with Gasteiger partial charge in [-0.05, 0) is 18.1 Å². The predicted octanol–water partition coefficient (Wildman–Crippen LogP) is 4.28. The predicted molar refractivity (Wildman–Crippen MR) is 70.8 cm³/mol. The van der Waals surface area contributed by atoms with Crippen molar-refractivity contribution in [2.24, 2.45) is 0 Å². The van der Waals surface area contributed by atoms with Gasteiger partial charge in [0.05, 0.1) is 0 Å².